The van der Waals surface area contributed by atoms with Crippen LogP contribution < -0.4 is 69.5 Å². The minimum absolute atomic E-state index is 0.0541. The number of amides is 12. The summed E-state index contributed by atoms with van der Waals surface area (Å²) in [5.74, 6) is -7.31. The fraction of sp³-hybridized carbons (Fsp3) is 0.753. The van der Waals surface area contributed by atoms with Crippen LogP contribution in [0.15, 0.2) is 24.3 Å². The molecule has 2 saturated carbocycles. The van der Waals surface area contributed by atoms with Gasteiger partial charge in [0, 0.05) is 36.0 Å². The van der Waals surface area contributed by atoms with E-state index in [0.29, 0.717) is 94.4 Å². The number of hydrogen-bond donors (Lipinski definition) is 16. The van der Waals surface area contributed by atoms with Crippen molar-refractivity contribution in [1.82, 2.24) is 68.7 Å². The highest BCUT2D eigenvalue weighted by molar-refractivity contribution is 7.98. The maximum atomic E-state index is 15.1. The number of nitrogens with one attached hydrogen (secondary N) is 12. The average Bonchev–Trinajstić information content (AvgIpc) is 1.76. The third-order valence-electron chi connectivity index (χ3n) is 21.1. The summed E-state index contributed by atoms with van der Waals surface area (Å²) in [6.45, 7) is 14.5. The predicted octanol–water partition coefficient (Wildman–Crippen LogP) is 0.765. The molecule has 1 aromatic carbocycles. The van der Waals surface area contributed by atoms with Crippen LogP contribution in [0.2, 0.25) is 0 Å². The van der Waals surface area contributed by atoms with Gasteiger partial charge in [-0.1, -0.05) is 71.7 Å². The topological polar surface area (TPSA) is 439 Å². The Kier molecular flexibility index (Phi) is 33.3. The number of aliphatic hydroxyl groups excluding tert-OH is 3. The number of thioether (sulfide) groups is 2. The highest BCUT2D eigenvalue weighted by Gasteiger charge is 2.45. The second kappa shape index (κ2) is 40.9. The summed E-state index contributed by atoms with van der Waals surface area (Å²) in [7, 11) is 0. The molecule has 4 heterocycles. The molecular formula is C73H118N14O15S2. The molecule has 7 rings (SSSR count). The lowest BCUT2D eigenvalue weighted by atomic mass is 9.82. The van der Waals surface area contributed by atoms with Crippen LogP contribution in [-0.4, -0.2) is 213 Å². The van der Waals surface area contributed by atoms with Crippen LogP contribution in [0, 0.1) is 29.1 Å². The number of primary amides is 1. The number of aliphatic hydroxyl groups is 3. The molecule has 0 aromatic heterocycles. The van der Waals surface area contributed by atoms with Crippen LogP contribution in [0.5, 0.6) is 0 Å². The Morgan fingerprint density at radius 1 is 0.587 bits per heavy atom. The maximum absolute atomic E-state index is 15.1. The molecule has 29 nitrogen and oxygen atoms in total. The van der Waals surface area contributed by atoms with E-state index in [1.807, 2.05) is 24.3 Å². The molecule has 3 unspecified atom stereocenters. The van der Waals surface area contributed by atoms with Gasteiger partial charge in [0.1, 0.15) is 66.5 Å². The van der Waals surface area contributed by atoms with Crippen LogP contribution in [0.25, 0.3) is 0 Å². The van der Waals surface area contributed by atoms with Crippen molar-refractivity contribution >= 4 is 94.4 Å². The van der Waals surface area contributed by atoms with Gasteiger partial charge in [-0.15, -0.1) is 0 Å². The zero-order valence-electron chi connectivity index (χ0n) is 62.0. The Morgan fingerprint density at radius 3 is 1.66 bits per heavy atom. The number of rotatable bonds is 12. The molecule has 2 aliphatic carbocycles. The van der Waals surface area contributed by atoms with E-state index in [2.05, 4.69) is 63.8 Å². The number of nitrogens with zero attached hydrogens (tertiary/aromatic N) is 1. The average molecular weight is 1500 g/mol. The molecule has 15 atom stereocenters. The van der Waals surface area contributed by atoms with Crippen LogP contribution in [0.4, 0.5) is 0 Å². The summed E-state index contributed by atoms with van der Waals surface area (Å²) in [4.78, 5) is 173. The first-order valence-electron chi connectivity index (χ1n) is 37.8. The zero-order valence-corrected chi connectivity index (χ0v) is 63.6. The molecule has 2 bridgehead atoms. The molecule has 6 aliphatic rings. The van der Waals surface area contributed by atoms with Gasteiger partial charge in [0.05, 0.1) is 24.5 Å². The van der Waals surface area contributed by atoms with Crippen LogP contribution in [0.1, 0.15) is 195 Å². The normalized spacial score (nSPS) is 33.1. The van der Waals surface area contributed by atoms with E-state index in [9.17, 15) is 68.1 Å². The number of piperidine rings is 1. The summed E-state index contributed by atoms with van der Waals surface area (Å²) >= 11 is 2.86. The number of benzene rings is 1. The molecular weight excluding hydrogens is 1380 g/mol. The van der Waals surface area contributed by atoms with Crippen molar-refractivity contribution in [2.24, 2.45) is 34.8 Å². The van der Waals surface area contributed by atoms with Gasteiger partial charge >= 0.3 is 0 Å². The third-order valence-corrected chi connectivity index (χ3v) is 23.2. The van der Waals surface area contributed by atoms with Gasteiger partial charge in [-0.25, -0.2) is 0 Å². The summed E-state index contributed by atoms with van der Waals surface area (Å²) in [5.41, 5.74) is 6.82. The van der Waals surface area contributed by atoms with Crippen molar-refractivity contribution in [2.45, 2.75) is 286 Å². The van der Waals surface area contributed by atoms with E-state index in [4.69, 9.17) is 5.73 Å². The Bertz CT molecular complexity index is 3110. The number of carbonyl (C=O) groups is 12. The monoisotopic (exact) mass is 1490 g/mol. The minimum Gasteiger partial charge on any atom is -0.393 e. The lowest BCUT2D eigenvalue weighted by Crippen LogP contribution is -2.62. The van der Waals surface area contributed by atoms with Gasteiger partial charge in [0.15, 0.2) is 0 Å². The number of fused-ring (bicyclic) bond motifs is 4. The SMILES string of the molecule is CCC[C@@H]1NC(=O)[C@H](CC2CCC(O)CC2)NC(=O)[C@H](C)NC(=O)[C@H](CCC)NC(=O)[C@H](CC2CNC3NCCCC23)NC(=O)[C@H]([C@@H](C)O)NC(=O)[C@@H]2CCCN2C(=O)[C@H](CC2CCC(O)CC2)NC(=O)[C@H](C(C)(C)C)NC(=O)CCSCc2cccc(c2)CSC[C@@H](C(N)=O)NC(=O)[C@H](C)NC1=O. The molecule has 0 spiro atoms. The smallest absolute Gasteiger partial charge is 0.245 e. The van der Waals surface area contributed by atoms with E-state index >= 15 is 4.79 Å². The molecule has 1 aromatic rings. The molecule has 582 valence electrons. The minimum atomic E-state index is -1.66. The first kappa shape index (κ1) is 84.6. The van der Waals surface area contributed by atoms with Gasteiger partial charge < -0.3 is 89.8 Å². The molecule has 5 fully saturated rings. The van der Waals surface area contributed by atoms with Gasteiger partial charge in [-0.2, -0.15) is 23.5 Å². The van der Waals surface area contributed by atoms with E-state index in [-0.39, 0.29) is 87.1 Å². The highest BCUT2D eigenvalue weighted by atomic mass is 32.2. The Balaban J connectivity index is 1.16. The second-order valence-electron chi connectivity index (χ2n) is 30.7. The van der Waals surface area contributed by atoms with Crippen molar-refractivity contribution < 1.29 is 72.9 Å². The zero-order chi connectivity index (χ0) is 75.9. The molecule has 3 saturated heterocycles. The van der Waals surface area contributed by atoms with Gasteiger partial charge in [0.25, 0.3) is 0 Å². The van der Waals surface area contributed by atoms with Gasteiger partial charge in [0.2, 0.25) is 70.9 Å². The second-order valence-corrected chi connectivity index (χ2v) is 32.8. The Labute approximate surface area is 620 Å². The van der Waals surface area contributed by atoms with E-state index in [1.54, 1.807) is 34.6 Å². The molecule has 104 heavy (non-hydrogen) atoms. The Morgan fingerprint density at radius 2 is 1.11 bits per heavy atom. The van der Waals surface area contributed by atoms with Crippen molar-refractivity contribution in [3.8, 4) is 0 Å². The van der Waals surface area contributed by atoms with Crippen molar-refractivity contribution in [2.75, 3.05) is 31.1 Å². The molecule has 4 aliphatic heterocycles. The maximum Gasteiger partial charge on any atom is 0.245 e. The number of carbonyl (C=O) groups excluding carboxylic acids is 12. The quantitative estimate of drug-likeness (QED) is 0.137. The summed E-state index contributed by atoms with van der Waals surface area (Å²) in [5, 5.41) is 66.9. The standard InChI is InChI=1S/C73H118N14O15S2/c1-9-14-51-65(95)78-41(4)64(94)84-56(61(74)92)39-104-38-46-17-11-16-45(32-46)37-103-31-28-58(91)85-60(73(6,7)8)71(101)83-55(34-44-22-26-49(90)27-23-44)72(102)87-30-13-19-57(87)69(99)86-59(42(5)88)70(100)82-54(35-47-36-76-62-50(47)18-12-29-75-62)68(98)80-52(15-10-2)66(96)77-40(3)63(93)81-53(67(97)79-51)33-43-20-24-48(89)25-21-43/h11,16-17,32,40-44,47-57,59-60,62,75-76,88-90H,9-10,12-15,18-31,33-39H2,1-8H3,(H2,74,92)(H,77,96)(H,78,95)(H,79,97)(H,80,98)(H,81,93)(H,82,100)(H,83,101)(H,84,94)(H,85,91)(H,86,99)/t40-,41-,42+,43?,44?,47?,48?,49?,50?,51-,52-,53-,54-,55-,56-,57-,59-,60+,62?/m0/s1. The first-order chi connectivity index (χ1) is 49.4. The highest BCUT2D eigenvalue weighted by Crippen LogP contribution is 2.34. The first-order valence-corrected chi connectivity index (χ1v) is 40.1. The van der Waals surface area contributed by atoms with Gasteiger partial charge in [-0.05, 0) is 183 Å². The van der Waals surface area contributed by atoms with E-state index < -0.39 is 161 Å². The van der Waals surface area contributed by atoms with Crippen molar-refractivity contribution in [1.29, 1.82) is 0 Å². The lowest BCUT2D eigenvalue weighted by Gasteiger charge is -2.35. The lowest BCUT2D eigenvalue weighted by molar-refractivity contribution is -0.144. The fourth-order valence-corrected chi connectivity index (χ4v) is 16.9. The van der Waals surface area contributed by atoms with Crippen LogP contribution in [-0.2, 0) is 69.0 Å². The fourth-order valence-electron chi connectivity index (χ4n) is 15.0. The van der Waals surface area contributed by atoms with Crippen molar-refractivity contribution in [3.05, 3.63) is 35.4 Å². The molecule has 17 N–H and O–H groups in total. The van der Waals surface area contributed by atoms with Crippen LogP contribution in [0.3, 0.4) is 0 Å². The summed E-state index contributed by atoms with van der Waals surface area (Å²) in [6.07, 6.45) is 5.20. The number of hydrogen-bond acceptors (Lipinski definition) is 19. The van der Waals surface area contributed by atoms with Gasteiger partial charge in [-0.3, -0.25) is 57.5 Å². The molecule has 0 radical (unpaired) electrons. The summed E-state index contributed by atoms with van der Waals surface area (Å²) in [6, 6.07) is -5.99. The largest absolute Gasteiger partial charge is 0.393 e. The Hall–Kier alpha value is -6.64. The molecule has 31 heteroatoms. The molecule has 12 amide bonds. The third kappa shape index (κ3) is 25.5. The van der Waals surface area contributed by atoms with Crippen LogP contribution >= 0.6 is 23.5 Å². The number of nitrogens with two attached hydrogens (primary N) is 1. The summed E-state index contributed by atoms with van der Waals surface area (Å²) < 4.78 is 0. The predicted molar refractivity (Wildman–Crippen MR) is 395 cm³/mol. The van der Waals surface area contributed by atoms with E-state index in [0.717, 1.165) is 30.5 Å². The van der Waals surface area contributed by atoms with Crippen molar-refractivity contribution in [3.63, 3.8) is 0 Å². The van der Waals surface area contributed by atoms with E-state index in [1.165, 1.54) is 49.2 Å².